The molecule has 0 bridgehead atoms. The number of ketones is 4. The van der Waals surface area contributed by atoms with Crippen LogP contribution in [0.5, 0.6) is 0 Å². The highest BCUT2D eigenvalue weighted by Crippen LogP contribution is 2.31. The minimum atomic E-state index is -0.0256. The molecule has 0 heterocycles. The minimum Gasteiger partial charge on any atom is -0.289 e. The summed E-state index contributed by atoms with van der Waals surface area (Å²) < 4.78 is 0. The van der Waals surface area contributed by atoms with Crippen LogP contribution in [-0.4, -0.2) is 23.1 Å². The van der Waals surface area contributed by atoms with Gasteiger partial charge in [-0.3, -0.25) is 19.2 Å². The highest BCUT2D eigenvalue weighted by atomic mass is 16.1. The van der Waals surface area contributed by atoms with Crippen LogP contribution in [0.4, 0.5) is 0 Å². The van der Waals surface area contributed by atoms with Crippen molar-refractivity contribution in [2.45, 2.75) is 80.6 Å². The summed E-state index contributed by atoms with van der Waals surface area (Å²) in [5.41, 5.74) is 8.34. The van der Waals surface area contributed by atoms with Gasteiger partial charge in [-0.2, -0.15) is 0 Å². The molecule has 0 fully saturated rings. The van der Waals surface area contributed by atoms with Gasteiger partial charge in [0.05, 0.1) is 0 Å². The predicted molar refractivity (Wildman–Crippen MR) is 171 cm³/mol. The van der Waals surface area contributed by atoms with Gasteiger partial charge in [-0.25, -0.2) is 0 Å². The Balaban J connectivity index is 0.000000240. The summed E-state index contributed by atoms with van der Waals surface area (Å²) in [4.78, 5) is 49.9. The molecule has 0 N–H and O–H groups in total. The maximum Gasteiger partial charge on any atom is 0.190 e. The second kappa shape index (κ2) is 14.6. The van der Waals surface area contributed by atoms with E-state index in [0.717, 1.165) is 24.8 Å². The fourth-order valence-corrected chi connectivity index (χ4v) is 5.08. The summed E-state index contributed by atoms with van der Waals surface area (Å²) in [6, 6.07) is 14.2. The van der Waals surface area contributed by atoms with Crippen LogP contribution >= 0.6 is 0 Å². The van der Waals surface area contributed by atoms with Gasteiger partial charge in [-0.05, 0) is 73.6 Å². The van der Waals surface area contributed by atoms with E-state index in [-0.39, 0.29) is 23.1 Å². The molecule has 218 valence electrons. The van der Waals surface area contributed by atoms with Crippen molar-refractivity contribution in [3.8, 4) is 0 Å². The van der Waals surface area contributed by atoms with E-state index >= 15 is 0 Å². The summed E-state index contributed by atoms with van der Waals surface area (Å²) in [7, 11) is 0. The van der Waals surface area contributed by atoms with Crippen LogP contribution in [0.25, 0.3) is 0 Å². The first-order valence-corrected chi connectivity index (χ1v) is 14.7. The molecule has 0 saturated carbocycles. The second-order valence-corrected chi connectivity index (χ2v) is 11.2. The van der Waals surface area contributed by atoms with Crippen molar-refractivity contribution in [2.24, 2.45) is 0 Å². The minimum absolute atomic E-state index is 0.00216. The van der Waals surface area contributed by atoms with Gasteiger partial charge < -0.3 is 0 Å². The molecule has 0 aliphatic heterocycles. The van der Waals surface area contributed by atoms with Gasteiger partial charge in [0.15, 0.2) is 23.1 Å². The maximum absolute atomic E-state index is 12.8. The SMILES string of the molecule is C/C=C(/CC/C=C(\C)CC)CC1=C(C)C(=O)c2ccccc2C1=O.CC(C)=CCC1=C(C)C(=O)c2ccccc2C1=O. The van der Waals surface area contributed by atoms with Gasteiger partial charge in [0, 0.05) is 44.5 Å². The Hall–Kier alpha value is -4.18. The number of carbonyl (C=O) groups excluding carboxylic acids is 4. The molecule has 4 heteroatoms. The van der Waals surface area contributed by atoms with E-state index < -0.39 is 0 Å². The average Bonchev–Trinajstić information content (AvgIpc) is 3.00. The zero-order chi connectivity index (χ0) is 31.0. The van der Waals surface area contributed by atoms with E-state index in [2.05, 4.69) is 26.0 Å². The van der Waals surface area contributed by atoms with Crippen LogP contribution in [0.15, 0.2) is 106 Å². The summed E-state index contributed by atoms with van der Waals surface area (Å²) in [6.07, 6.45) is 10.4. The van der Waals surface area contributed by atoms with Crippen LogP contribution < -0.4 is 0 Å². The normalized spacial score (nSPS) is 15.3. The van der Waals surface area contributed by atoms with Crippen LogP contribution in [0, 0.1) is 0 Å². The molecule has 0 radical (unpaired) electrons. The highest BCUT2D eigenvalue weighted by molar-refractivity contribution is 6.27. The van der Waals surface area contributed by atoms with E-state index in [0.29, 0.717) is 57.4 Å². The third-order valence-electron chi connectivity index (χ3n) is 8.01. The van der Waals surface area contributed by atoms with Crippen molar-refractivity contribution in [1.82, 2.24) is 0 Å². The number of carbonyl (C=O) groups is 4. The van der Waals surface area contributed by atoms with E-state index in [4.69, 9.17) is 0 Å². The maximum atomic E-state index is 12.8. The zero-order valence-corrected chi connectivity index (χ0v) is 26.0. The Morgan fingerprint density at radius 3 is 1.57 bits per heavy atom. The Morgan fingerprint density at radius 1 is 0.667 bits per heavy atom. The quantitative estimate of drug-likeness (QED) is 0.300. The monoisotopic (exact) mass is 562 g/mol. The molecule has 2 aliphatic rings. The number of allylic oxidation sites excluding steroid dienone is 10. The number of fused-ring (bicyclic) bond motifs is 2. The summed E-state index contributed by atoms with van der Waals surface area (Å²) in [5.74, 6) is -0.0535. The summed E-state index contributed by atoms with van der Waals surface area (Å²) in [6.45, 7) is 13.8. The third kappa shape index (κ3) is 7.36. The van der Waals surface area contributed by atoms with Gasteiger partial charge in [-0.15, -0.1) is 0 Å². The smallest absolute Gasteiger partial charge is 0.190 e. The van der Waals surface area contributed by atoms with Crippen LogP contribution in [0.2, 0.25) is 0 Å². The standard InChI is InChI=1S/C22H26O2.C16H16O2/c1-5-15(3)10-9-11-17(6-2)14-20-16(4)21(23)18-12-7-8-13-19(18)22(20)24;1-10(2)8-9-12-11(3)15(17)13-6-4-5-7-14(13)16(12)18/h6-8,10,12-13H,5,9,11,14H2,1-4H3;4-8H,9H2,1-3H3/b15-10+,17-6-;. The van der Waals surface area contributed by atoms with E-state index in [9.17, 15) is 19.2 Å². The molecule has 42 heavy (non-hydrogen) atoms. The molecule has 0 spiro atoms. The van der Waals surface area contributed by atoms with Crippen molar-refractivity contribution in [3.05, 3.63) is 128 Å². The Bertz CT molecular complexity index is 1570. The Kier molecular flexibility index (Phi) is 11.3. The molecular weight excluding hydrogens is 520 g/mol. The van der Waals surface area contributed by atoms with Crippen molar-refractivity contribution in [3.63, 3.8) is 0 Å². The Morgan fingerprint density at radius 2 is 1.12 bits per heavy atom. The first-order chi connectivity index (χ1) is 20.0. The largest absolute Gasteiger partial charge is 0.289 e. The van der Waals surface area contributed by atoms with E-state index in [1.54, 1.807) is 50.2 Å². The first kappa shape index (κ1) is 32.3. The van der Waals surface area contributed by atoms with Gasteiger partial charge in [0.1, 0.15) is 0 Å². The van der Waals surface area contributed by atoms with Gasteiger partial charge in [-0.1, -0.05) is 90.4 Å². The lowest BCUT2D eigenvalue weighted by Crippen LogP contribution is -2.21. The molecule has 0 saturated heterocycles. The number of hydrogen-bond donors (Lipinski definition) is 0. The average molecular weight is 563 g/mol. The highest BCUT2D eigenvalue weighted by Gasteiger charge is 2.30. The van der Waals surface area contributed by atoms with Gasteiger partial charge in [0.2, 0.25) is 0 Å². The fraction of sp³-hybridized carbons (Fsp3) is 0.316. The van der Waals surface area contributed by atoms with Crippen molar-refractivity contribution in [2.75, 3.05) is 0 Å². The van der Waals surface area contributed by atoms with Crippen molar-refractivity contribution < 1.29 is 19.2 Å². The third-order valence-corrected chi connectivity index (χ3v) is 8.01. The number of hydrogen-bond acceptors (Lipinski definition) is 4. The van der Waals surface area contributed by atoms with Gasteiger partial charge >= 0.3 is 0 Å². The zero-order valence-electron chi connectivity index (χ0n) is 26.0. The molecule has 0 unspecified atom stereocenters. The molecule has 2 aromatic carbocycles. The van der Waals surface area contributed by atoms with Crippen molar-refractivity contribution >= 4 is 23.1 Å². The second-order valence-electron chi connectivity index (χ2n) is 11.2. The van der Waals surface area contributed by atoms with Crippen LogP contribution in [0.1, 0.15) is 122 Å². The molecule has 0 atom stereocenters. The molecule has 0 aromatic heterocycles. The molecule has 2 aliphatic carbocycles. The summed E-state index contributed by atoms with van der Waals surface area (Å²) in [5, 5.41) is 0. The summed E-state index contributed by atoms with van der Waals surface area (Å²) >= 11 is 0. The lowest BCUT2D eigenvalue weighted by Gasteiger charge is -2.20. The van der Waals surface area contributed by atoms with Crippen molar-refractivity contribution in [1.29, 1.82) is 0 Å². The predicted octanol–water partition coefficient (Wildman–Crippen LogP) is 9.59. The lowest BCUT2D eigenvalue weighted by atomic mass is 9.81. The first-order valence-electron chi connectivity index (χ1n) is 14.7. The fourth-order valence-electron chi connectivity index (χ4n) is 5.08. The van der Waals surface area contributed by atoms with E-state index in [1.165, 1.54) is 11.1 Å². The number of rotatable bonds is 8. The Labute approximate surface area is 250 Å². The molecule has 2 aromatic rings. The van der Waals surface area contributed by atoms with Crippen LogP contribution in [-0.2, 0) is 0 Å². The lowest BCUT2D eigenvalue weighted by molar-refractivity contribution is 0.0973. The van der Waals surface area contributed by atoms with Gasteiger partial charge in [0.25, 0.3) is 0 Å². The molecule has 0 amide bonds. The molecular formula is C38H42O4. The topological polar surface area (TPSA) is 68.3 Å². The molecule has 4 nitrogen and oxygen atoms in total. The number of benzene rings is 2. The van der Waals surface area contributed by atoms with E-state index in [1.807, 2.05) is 39.0 Å². The van der Waals surface area contributed by atoms with Crippen LogP contribution in [0.3, 0.4) is 0 Å². The number of Topliss-reactive ketones (excluding diaryl/α,β-unsaturated/α-hetero) is 4. The molecule has 4 rings (SSSR count).